The molecule has 0 bridgehead atoms. The number of hydrogen-bond donors (Lipinski definition) is 1. The second-order valence-electron chi connectivity index (χ2n) is 1.46. The van der Waals surface area contributed by atoms with E-state index in [9.17, 15) is 0 Å². The zero-order valence-corrected chi connectivity index (χ0v) is 5.72. The summed E-state index contributed by atoms with van der Waals surface area (Å²) in [5, 5.41) is 6.57. The molecule has 0 aliphatic heterocycles. The van der Waals surface area contributed by atoms with Gasteiger partial charge in [-0.25, -0.2) is 0 Å². The van der Waals surface area contributed by atoms with Crippen molar-refractivity contribution in [1.29, 1.82) is 0 Å². The maximum atomic E-state index is 3.80. The highest BCUT2D eigenvalue weighted by molar-refractivity contribution is 6.51. The van der Waals surface area contributed by atoms with E-state index in [0.29, 0.717) is 0 Å². The van der Waals surface area contributed by atoms with Crippen molar-refractivity contribution in [3.63, 3.8) is 0 Å². The lowest BCUT2D eigenvalue weighted by molar-refractivity contribution is 1.09. The molecule has 7 heavy (non-hydrogen) atoms. The van der Waals surface area contributed by atoms with Gasteiger partial charge in [0.1, 0.15) is 0 Å². The highest BCUT2D eigenvalue weighted by Crippen LogP contribution is 1.66. The van der Waals surface area contributed by atoms with Crippen LogP contribution in [-0.4, -0.2) is 25.4 Å². The van der Waals surface area contributed by atoms with Gasteiger partial charge in [-0.3, -0.25) is 5.10 Å². The van der Waals surface area contributed by atoms with Crippen molar-refractivity contribution >= 4 is 19.6 Å². The fourth-order valence-electron chi connectivity index (χ4n) is 0.471. The quantitative estimate of drug-likeness (QED) is 0.486. The van der Waals surface area contributed by atoms with E-state index in [4.69, 9.17) is 0 Å². The molecule has 0 spiro atoms. The summed E-state index contributed by atoms with van der Waals surface area (Å²) in [4.78, 5) is 0. The Labute approximate surface area is 48.6 Å². The van der Waals surface area contributed by atoms with E-state index in [1.54, 1.807) is 0 Å². The summed E-state index contributed by atoms with van der Waals surface area (Å²) >= 11 is 0.0397. The number of nitrogens with zero attached hydrogens (tertiary/aromatic N) is 1. The third kappa shape index (κ3) is 1.05. The van der Waals surface area contributed by atoms with Crippen molar-refractivity contribution in [2.75, 3.05) is 0 Å². The maximum Gasteiger partial charge on any atom is 0.284 e. The summed E-state index contributed by atoms with van der Waals surface area (Å²) in [5.74, 6) is 2.24. The molecule has 1 rings (SSSR count). The van der Waals surface area contributed by atoms with E-state index < -0.39 is 0 Å². The Kier molecular flexibility index (Phi) is 1.51. The minimum Gasteiger partial charge on any atom is -0.287 e. The normalized spacial score (nSPS) is 8.71. The first-order chi connectivity index (χ1) is 3.43. The van der Waals surface area contributed by atoms with Crippen LogP contribution in [0.1, 0.15) is 0 Å². The van der Waals surface area contributed by atoms with Crippen molar-refractivity contribution in [3.05, 3.63) is 12.4 Å². The van der Waals surface area contributed by atoms with Crippen molar-refractivity contribution in [1.82, 2.24) is 10.2 Å². The van der Waals surface area contributed by atoms with E-state index >= 15 is 0 Å². The van der Waals surface area contributed by atoms with Gasteiger partial charge in [-0.15, -0.1) is 5.79 Å². The summed E-state index contributed by atoms with van der Waals surface area (Å²) in [6.45, 7) is 0. The van der Waals surface area contributed by atoms with Gasteiger partial charge >= 0.3 is 0 Å². The van der Waals surface area contributed by atoms with Crippen LogP contribution in [0.5, 0.6) is 0 Å². The Morgan fingerprint density at radius 2 is 2.71 bits per heavy atom. The third-order valence-electron chi connectivity index (χ3n) is 0.963. The fourth-order valence-corrected chi connectivity index (χ4v) is 1.04. The molecule has 2 nitrogen and oxygen atoms in total. The molecule has 1 heterocycles. The molecular weight excluding hydrogens is 103 g/mol. The first-order valence-electron chi connectivity index (χ1n) is 2.41. The summed E-state index contributed by atoms with van der Waals surface area (Å²) < 4.78 is 1.40. The topological polar surface area (TPSA) is 28.7 Å². The lowest BCUT2D eigenvalue weighted by Crippen LogP contribution is -2.05. The molecule has 3 heteroatoms. The number of aromatic nitrogens is 2. The standard InChI is InChI=1S/C3H3N2.CH3.Al.H/c1-2-4-5-3-1;;;/h2-3H,(H,4,5);1H3;;. The molecule has 0 fully saturated rings. The summed E-state index contributed by atoms with van der Waals surface area (Å²) in [7, 11) is 0. The molecule has 0 unspecified atom stereocenters. The molecular formula is C4H7AlN2. The Bertz CT molecular complexity index is 124. The molecule has 0 saturated heterocycles. The molecule has 0 amide bonds. The summed E-state index contributed by atoms with van der Waals surface area (Å²) in [6, 6.07) is 0. The average molecular weight is 110 g/mol. The van der Waals surface area contributed by atoms with E-state index in [-0.39, 0.29) is 15.2 Å². The van der Waals surface area contributed by atoms with Crippen LogP contribution in [-0.2, 0) is 0 Å². The van der Waals surface area contributed by atoms with Gasteiger partial charge in [-0.05, 0) is 0 Å². The molecule has 0 aliphatic rings. The zero-order valence-electron chi connectivity index (χ0n) is 4.31. The summed E-state index contributed by atoms with van der Waals surface area (Å²) in [5.41, 5.74) is 0. The van der Waals surface area contributed by atoms with E-state index in [2.05, 4.69) is 16.0 Å². The second kappa shape index (κ2) is 2.15. The van der Waals surface area contributed by atoms with Gasteiger partial charge in [0.05, 0.1) is 0 Å². The van der Waals surface area contributed by atoms with Crippen molar-refractivity contribution < 1.29 is 0 Å². The van der Waals surface area contributed by atoms with E-state index in [0.717, 1.165) is 0 Å². The Hall–Kier alpha value is -0.258. The van der Waals surface area contributed by atoms with Gasteiger partial charge in [0.15, 0.2) is 0 Å². The van der Waals surface area contributed by atoms with Crippen LogP contribution < -0.4 is 4.43 Å². The number of hydrogen-bond acceptors (Lipinski definition) is 1. The van der Waals surface area contributed by atoms with E-state index in [1.807, 2.05) is 12.4 Å². The zero-order chi connectivity index (χ0) is 5.11. The Morgan fingerprint density at radius 1 is 1.86 bits per heavy atom. The van der Waals surface area contributed by atoms with Crippen LogP contribution in [0.15, 0.2) is 12.4 Å². The molecule has 0 saturated carbocycles. The van der Waals surface area contributed by atoms with Gasteiger partial charge in [-0.1, -0.05) is 4.43 Å². The SMILES string of the molecule is [CH3][AlH][c]1cn[nH]c1. The molecule has 36 valence electrons. The lowest BCUT2D eigenvalue weighted by atomic mass is 10.7. The van der Waals surface area contributed by atoms with Gasteiger partial charge in [0.25, 0.3) is 15.2 Å². The predicted octanol–water partition coefficient (Wildman–Crippen LogP) is -0.480. The number of H-pyrrole nitrogens is 1. The Balaban J connectivity index is 2.76. The number of rotatable bonds is 1. The first kappa shape index (κ1) is 4.89. The molecule has 0 aliphatic carbocycles. The summed E-state index contributed by atoms with van der Waals surface area (Å²) in [6.07, 6.45) is 3.86. The van der Waals surface area contributed by atoms with Crippen molar-refractivity contribution in [3.8, 4) is 0 Å². The van der Waals surface area contributed by atoms with Crippen LogP contribution in [0.3, 0.4) is 0 Å². The molecule has 1 aromatic heterocycles. The molecule has 0 aromatic carbocycles. The third-order valence-corrected chi connectivity index (χ3v) is 2.17. The minimum atomic E-state index is 0.0397. The van der Waals surface area contributed by atoms with Crippen LogP contribution in [0.2, 0.25) is 5.79 Å². The molecule has 0 atom stereocenters. The van der Waals surface area contributed by atoms with Crippen molar-refractivity contribution in [2.24, 2.45) is 0 Å². The molecule has 0 radical (unpaired) electrons. The molecule has 1 aromatic rings. The van der Waals surface area contributed by atoms with Gasteiger partial charge in [0.2, 0.25) is 0 Å². The smallest absolute Gasteiger partial charge is 0.284 e. The largest absolute Gasteiger partial charge is 0.287 e. The van der Waals surface area contributed by atoms with E-state index in [1.165, 1.54) is 4.43 Å². The van der Waals surface area contributed by atoms with Crippen LogP contribution in [0.25, 0.3) is 0 Å². The predicted molar refractivity (Wildman–Crippen MR) is 31.2 cm³/mol. The van der Waals surface area contributed by atoms with Gasteiger partial charge in [-0.2, -0.15) is 5.10 Å². The molecule has 1 N–H and O–H groups in total. The van der Waals surface area contributed by atoms with Gasteiger partial charge in [0, 0.05) is 12.4 Å². The maximum absolute atomic E-state index is 3.80. The second-order valence-corrected chi connectivity index (χ2v) is 2.98. The monoisotopic (exact) mass is 110 g/mol. The lowest BCUT2D eigenvalue weighted by Gasteiger charge is -1.72. The van der Waals surface area contributed by atoms with Crippen LogP contribution in [0, 0.1) is 0 Å². The van der Waals surface area contributed by atoms with Crippen LogP contribution >= 0.6 is 0 Å². The fraction of sp³-hybridized carbons (Fsp3) is 0.250. The van der Waals surface area contributed by atoms with Gasteiger partial charge < -0.3 is 0 Å². The van der Waals surface area contributed by atoms with Crippen LogP contribution in [0.4, 0.5) is 0 Å². The van der Waals surface area contributed by atoms with Crippen molar-refractivity contribution in [2.45, 2.75) is 5.79 Å². The minimum absolute atomic E-state index is 0.0397. The number of nitrogens with one attached hydrogen (secondary N) is 1. The highest BCUT2D eigenvalue weighted by atomic mass is 27.1. The Morgan fingerprint density at radius 3 is 3.00 bits per heavy atom. The highest BCUT2D eigenvalue weighted by Gasteiger charge is 1.87. The number of aromatic amines is 1. The first-order valence-corrected chi connectivity index (χ1v) is 4.53. The average Bonchev–Trinajstić information content (AvgIpc) is 2.14.